The fourth-order valence-corrected chi connectivity index (χ4v) is 2.10. The first-order chi connectivity index (χ1) is 9.15. The van der Waals surface area contributed by atoms with Crippen LogP contribution in [0, 0.1) is 17.1 Å². The van der Waals surface area contributed by atoms with Gasteiger partial charge in [0.1, 0.15) is 5.82 Å². The molecule has 0 fully saturated rings. The van der Waals surface area contributed by atoms with Crippen molar-refractivity contribution in [3.05, 3.63) is 59.4 Å². The summed E-state index contributed by atoms with van der Waals surface area (Å²) in [6, 6.07) is 14.4. The highest BCUT2D eigenvalue weighted by molar-refractivity contribution is 5.69. The van der Waals surface area contributed by atoms with Crippen LogP contribution in [0.15, 0.2) is 42.5 Å². The van der Waals surface area contributed by atoms with Gasteiger partial charge in [-0.2, -0.15) is 5.26 Å². The lowest BCUT2D eigenvalue weighted by Crippen LogP contribution is -2.13. The molecule has 2 nitrogen and oxygen atoms in total. The Morgan fingerprint density at radius 3 is 2.63 bits per heavy atom. The number of nitrogens with zero attached hydrogens (tertiary/aromatic N) is 1. The second-order valence-electron chi connectivity index (χ2n) is 4.44. The predicted octanol–water partition coefficient (Wildman–Crippen LogP) is 3.64. The van der Waals surface area contributed by atoms with Crippen molar-refractivity contribution in [3.8, 4) is 17.2 Å². The highest BCUT2D eigenvalue weighted by Crippen LogP contribution is 2.29. The standard InChI is InChI=1S/C16H15FN2/c1-11(19-2)15-5-3-4-6-16(15)13-7-12(10-18)8-14(17)9-13/h3-9,11,19H,1-2H3. The Labute approximate surface area is 112 Å². The molecule has 0 saturated carbocycles. The first-order valence-electron chi connectivity index (χ1n) is 6.13. The van der Waals surface area contributed by atoms with Crippen molar-refractivity contribution >= 4 is 0 Å². The van der Waals surface area contributed by atoms with E-state index in [0.717, 1.165) is 16.7 Å². The molecular weight excluding hydrogens is 239 g/mol. The van der Waals surface area contributed by atoms with E-state index in [0.29, 0.717) is 5.56 Å². The molecule has 1 unspecified atom stereocenters. The van der Waals surface area contributed by atoms with Crippen LogP contribution in [0.5, 0.6) is 0 Å². The van der Waals surface area contributed by atoms with Gasteiger partial charge >= 0.3 is 0 Å². The Morgan fingerprint density at radius 2 is 1.95 bits per heavy atom. The molecule has 0 heterocycles. The summed E-state index contributed by atoms with van der Waals surface area (Å²) in [5.41, 5.74) is 3.09. The van der Waals surface area contributed by atoms with Crippen LogP contribution in [0.1, 0.15) is 24.1 Å². The second kappa shape index (κ2) is 5.64. The van der Waals surface area contributed by atoms with E-state index in [4.69, 9.17) is 5.26 Å². The largest absolute Gasteiger partial charge is 0.313 e. The molecule has 96 valence electrons. The lowest BCUT2D eigenvalue weighted by atomic mass is 9.94. The van der Waals surface area contributed by atoms with Crippen LogP contribution >= 0.6 is 0 Å². The maximum Gasteiger partial charge on any atom is 0.125 e. The molecule has 19 heavy (non-hydrogen) atoms. The third-order valence-electron chi connectivity index (χ3n) is 3.20. The van der Waals surface area contributed by atoms with Gasteiger partial charge in [-0.25, -0.2) is 4.39 Å². The molecule has 2 rings (SSSR count). The van der Waals surface area contributed by atoms with Gasteiger partial charge < -0.3 is 5.32 Å². The van der Waals surface area contributed by atoms with Gasteiger partial charge in [-0.1, -0.05) is 24.3 Å². The highest BCUT2D eigenvalue weighted by atomic mass is 19.1. The number of nitrogens with one attached hydrogen (secondary N) is 1. The Kier molecular flexibility index (Phi) is 3.94. The summed E-state index contributed by atoms with van der Waals surface area (Å²) in [6.07, 6.45) is 0. The van der Waals surface area contributed by atoms with Crippen LogP contribution in [0.25, 0.3) is 11.1 Å². The molecule has 2 aromatic carbocycles. The fourth-order valence-electron chi connectivity index (χ4n) is 2.10. The normalized spacial score (nSPS) is 11.9. The van der Waals surface area contributed by atoms with E-state index in [1.54, 1.807) is 6.07 Å². The molecule has 0 aliphatic heterocycles. The van der Waals surface area contributed by atoms with Crippen LogP contribution in [0.4, 0.5) is 4.39 Å². The summed E-state index contributed by atoms with van der Waals surface area (Å²) in [6.45, 7) is 2.04. The third-order valence-corrected chi connectivity index (χ3v) is 3.20. The number of nitriles is 1. The van der Waals surface area contributed by atoms with E-state index in [1.165, 1.54) is 12.1 Å². The van der Waals surface area contributed by atoms with Gasteiger partial charge in [-0.05, 0) is 48.9 Å². The van der Waals surface area contributed by atoms with Gasteiger partial charge in [0.15, 0.2) is 0 Å². The van der Waals surface area contributed by atoms with Crippen LogP contribution in [-0.4, -0.2) is 7.05 Å². The van der Waals surface area contributed by atoms with E-state index < -0.39 is 0 Å². The van der Waals surface area contributed by atoms with Crippen molar-refractivity contribution in [1.82, 2.24) is 5.32 Å². The van der Waals surface area contributed by atoms with Crippen molar-refractivity contribution in [1.29, 1.82) is 5.26 Å². The molecule has 3 heteroatoms. The summed E-state index contributed by atoms with van der Waals surface area (Å²) < 4.78 is 13.5. The number of hydrogen-bond donors (Lipinski definition) is 1. The molecule has 0 aliphatic carbocycles. The van der Waals surface area contributed by atoms with Gasteiger partial charge in [0.05, 0.1) is 11.6 Å². The maximum absolute atomic E-state index is 13.5. The number of benzene rings is 2. The van der Waals surface area contributed by atoms with Crippen molar-refractivity contribution in [3.63, 3.8) is 0 Å². The SMILES string of the molecule is CNC(C)c1ccccc1-c1cc(F)cc(C#N)c1. The number of rotatable bonds is 3. The predicted molar refractivity (Wildman–Crippen MR) is 74.0 cm³/mol. The van der Waals surface area contributed by atoms with Crippen molar-refractivity contribution < 1.29 is 4.39 Å². The zero-order valence-corrected chi connectivity index (χ0v) is 10.9. The molecule has 0 radical (unpaired) electrons. The molecule has 1 atom stereocenters. The van der Waals surface area contributed by atoms with Gasteiger partial charge in [-0.3, -0.25) is 0 Å². The first-order valence-corrected chi connectivity index (χ1v) is 6.13. The minimum absolute atomic E-state index is 0.157. The van der Waals surface area contributed by atoms with Crippen LogP contribution < -0.4 is 5.32 Å². The zero-order valence-electron chi connectivity index (χ0n) is 10.9. The van der Waals surface area contributed by atoms with E-state index in [9.17, 15) is 4.39 Å². The van der Waals surface area contributed by atoms with Crippen LogP contribution in [0.2, 0.25) is 0 Å². The lowest BCUT2D eigenvalue weighted by Gasteiger charge is -2.16. The number of halogens is 1. The topological polar surface area (TPSA) is 35.8 Å². The van der Waals surface area contributed by atoms with Crippen molar-refractivity contribution in [2.45, 2.75) is 13.0 Å². The van der Waals surface area contributed by atoms with E-state index in [-0.39, 0.29) is 11.9 Å². The van der Waals surface area contributed by atoms with Gasteiger partial charge in [0.2, 0.25) is 0 Å². The third kappa shape index (κ3) is 2.81. The Balaban J connectivity index is 2.59. The van der Waals surface area contributed by atoms with E-state index >= 15 is 0 Å². The van der Waals surface area contributed by atoms with Crippen LogP contribution in [-0.2, 0) is 0 Å². The molecule has 0 amide bonds. The minimum Gasteiger partial charge on any atom is -0.313 e. The van der Waals surface area contributed by atoms with Crippen LogP contribution in [0.3, 0.4) is 0 Å². The lowest BCUT2D eigenvalue weighted by molar-refractivity contribution is 0.627. The Morgan fingerprint density at radius 1 is 1.21 bits per heavy atom. The summed E-state index contributed by atoms with van der Waals surface area (Å²) in [5, 5.41) is 12.1. The van der Waals surface area contributed by atoms with Gasteiger partial charge in [0.25, 0.3) is 0 Å². The smallest absolute Gasteiger partial charge is 0.125 e. The molecule has 0 aromatic heterocycles. The average molecular weight is 254 g/mol. The monoisotopic (exact) mass is 254 g/mol. The van der Waals surface area contributed by atoms with Crippen molar-refractivity contribution in [2.24, 2.45) is 0 Å². The quantitative estimate of drug-likeness (QED) is 0.907. The highest BCUT2D eigenvalue weighted by Gasteiger charge is 2.11. The fraction of sp³-hybridized carbons (Fsp3) is 0.188. The molecule has 1 N–H and O–H groups in total. The Bertz CT molecular complexity index is 629. The first kappa shape index (κ1) is 13.3. The number of hydrogen-bond acceptors (Lipinski definition) is 2. The van der Waals surface area contributed by atoms with Gasteiger partial charge in [0, 0.05) is 6.04 Å². The summed E-state index contributed by atoms with van der Waals surface area (Å²) in [7, 11) is 1.88. The molecule has 2 aromatic rings. The minimum atomic E-state index is -0.388. The van der Waals surface area contributed by atoms with E-state index in [1.807, 2.05) is 44.3 Å². The molecular formula is C16H15FN2. The summed E-state index contributed by atoms with van der Waals surface area (Å²) in [5.74, 6) is -0.388. The average Bonchev–Trinajstić information content (AvgIpc) is 2.45. The summed E-state index contributed by atoms with van der Waals surface area (Å²) in [4.78, 5) is 0. The molecule has 0 saturated heterocycles. The summed E-state index contributed by atoms with van der Waals surface area (Å²) >= 11 is 0. The maximum atomic E-state index is 13.5. The molecule has 0 spiro atoms. The Hall–Kier alpha value is -2.18. The molecule has 0 bridgehead atoms. The van der Waals surface area contributed by atoms with Crippen molar-refractivity contribution in [2.75, 3.05) is 7.05 Å². The second-order valence-corrected chi connectivity index (χ2v) is 4.44. The van der Waals surface area contributed by atoms with E-state index in [2.05, 4.69) is 5.32 Å². The van der Waals surface area contributed by atoms with Gasteiger partial charge in [-0.15, -0.1) is 0 Å². The zero-order chi connectivity index (χ0) is 13.8. The molecule has 0 aliphatic rings.